The van der Waals surface area contributed by atoms with Gasteiger partial charge in [-0.2, -0.15) is 5.10 Å². The molecule has 1 heterocycles. The maximum atomic E-state index is 12.7. The summed E-state index contributed by atoms with van der Waals surface area (Å²) in [6.45, 7) is 0. The first-order valence-electron chi connectivity index (χ1n) is 4.12. The molecule has 1 aromatic carbocycles. The Balaban J connectivity index is 2.54. The van der Waals surface area contributed by atoms with Gasteiger partial charge in [0.2, 0.25) is 0 Å². The fraction of sp³-hybridized carbons (Fsp3) is 0.100. The second kappa shape index (κ2) is 3.42. The lowest BCUT2D eigenvalue weighted by Crippen LogP contribution is -1.93. The number of rotatable bonds is 1. The second-order valence-electron chi connectivity index (χ2n) is 2.97. The van der Waals surface area contributed by atoms with Crippen molar-refractivity contribution in [2.24, 2.45) is 7.05 Å². The van der Waals surface area contributed by atoms with Gasteiger partial charge in [0.25, 0.3) is 0 Å². The van der Waals surface area contributed by atoms with Gasteiger partial charge in [-0.3, -0.25) is 4.68 Å². The fourth-order valence-electron chi connectivity index (χ4n) is 1.34. The molecular formula is C10H8ClFN2. The van der Waals surface area contributed by atoms with E-state index < -0.39 is 0 Å². The van der Waals surface area contributed by atoms with Gasteiger partial charge in [-0.25, -0.2) is 4.39 Å². The Morgan fingerprint density at radius 3 is 2.43 bits per heavy atom. The van der Waals surface area contributed by atoms with Crippen molar-refractivity contribution in [2.45, 2.75) is 0 Å². The predicted octanol–water partition coefficient (Wildman–Crippen LogP) is 2.88. The molecule has 0 bridgehead atoms. The first kappa shape index (κ1) is 9.21. The van der Waals surface area contributed by atoms with Gasteiger partial charge in [-0.05, 0) is 24.3 Å². The van der Waals surface area contributed by atoms with Crippen molar-refractivity contribution >= 4 is 11.6 Å². The van der Waals surface area contributed by atoms with Crippen molar-refractivity contribution in [3.63, 3.8) is 0 Å². The van der Waals surface area contributed by atoms with Crippen molar-refractivity contribution in [1.29, 1.82) is 0 Å². The number of halogens is 2. The van der Waals surface area contributed by atoms with Crippen LogP contribution in [0.15, 0.2) is 30.5 Å². The summed E-state index contributed by atoms with van der Waals surface area (Å²) in [4.78, 5) is 0. The number of nitrogens with zero attached hydrogens (tertiary/aromatic N) is 2. The highest BCUT2D eigenvalue weighted by Gasteiger charge is 2.08. The minimum Gasteiger partial charge on any atom is -0.266 e. The zero-order valence-corrected chi connectivity index (χ0v) is 8.29. The third kappa shape index (κ3) is 1.51. The minimum atomic E-state index is -0.257. The summed E-state index contributed by atoms with van der Waals surface area (Å²) in [5.41, 5.74) is 1.66. The highest BCUT2D eigenvalue weighted by atomic mass is 35.5. The van der Waals surface area contributed by atoms with E-state index in [1.807, 2.05) is 0 Å². The Morgan fingerprint density at radius 1 is 1.29 bits per heavy atom. The fourth-order valence-corrected chi connectivity index (χ4v) is 1.62. The molecule has 0 unspecified atom stereocenters. The molecule has 0 fully saturated rings. The highest BCUT2D eigenvalue weighted by Crippen LogP contribution is 2.26. The maximum absolute atomic E-state index is 12.7. The van der Waals surface area contributed by atoms with Crippen LogP contribution in [0.3, 0.4) is 0 Å². The Kier molecular flexibility index (Phi) is 2.25. The Hall–Kier alpha value is -1.35. The third-order valence-corrected chi connectivity index (χ3v) is 2.29. The van der Waals surface area contributed by atoms with Crippen molar-refractivity contribution < 1.29 is 4.39 Å². The summed E-state index contributed by atoms with van der Waals surface area (Å²) in [5.74, 6) is -0.257. The number of aromatic nitrogens is 2. The smallest absolute Gasteiger partial charge is 0.123 e. The molecule has 14 heavy (non-hydrogen) atoms. The molecule has 0 spiro atoms. The number of aryl methyl sites for hydroxylation is 1. The van der Waals surface area contributed by atoms with Gasteiger partial charge in [-0.15, -0.1) is 0 Å². The lowest BCUT2D eigenvalue weighted by atomic mass is 10.1. The molecule has 0 N–H and O–H groups in total. The molecular weight excluding hydrogens is 203 g/mol. The number of benzene rings is 1. The van der Waals surface area contributed by atoms with E-state index in [4.69, 9.17) is 11.6 Å². The van der Waals surface area contributed by atoms with E-state index in [0.29, 0.717) is 5.02 Å². The lowest BCUT2D eigenvalue weighted by Gasteiger charge is -2.02. The molecule has 0 aliphatic heterocycles. The molecule has 2 nitrogen and oxygen atoms in total. The zero-order chi connectivity index (χ0) is 10.1. The van der Waals surface area contributed by atoms with E-state index in [1.165, 1.54) is 12.1 Å². The maximum Gasteiger partial charge on any atom is 0.123 e. The van der Waals surface area contributed by atoms with E-state index in [2.05, 4.69) is 5.10 Å². The SMILES string of the molecule is Cn1ncc(Cl)c1-c1ccc(F)cc1. The molecule has 4 heteroatoms. The molecule has 0 aliphatic rings. The van der Waals surface area contributed by atoms with Crippen molar-refractivity contribution in [2.75, 3.05) is 0 Å². The van der Waals surface area contributed by atoms with Gasteiger partial charge < -0.3 is 0 Å². The van der Waals surface area contributed by atoms with Gasteiger partial charge in [-0.1, -0.05) is 11.6 Å². The molecule has 0 aliphatic carbocycles. The quantitative estimate of drug-likeness (QED) is 0.708. The topological polar surface area (TPSA) is 17.8 Å². The molecule has 2 aromatic rings. The third-order valence-electron chi connectivity index (χ3n) is 2.01. The Labute approximate surface area is 85.9 Å². The standard InChI is InChI=1S/C10H8ClFN2/c1-14-10(9(11)6-13-14)7-2-4-8(12)5-3-7/h2-6H,1H3. The van der Waals surface area contributed by atoms with E-state index in [0.717, 1.165) is 11.3 Å². The van der Waals surface area contributed by atoms with E-state index in [1.54, 1.807) is 30.1 Å². The van der Waals surface area contributed by atoms with Crippen LogP contribution in [0.5, 0.6) is 0 Å². The van der Waals surface area contributed by atoms with Gasteiger partial charge >= 0.3 is 0 Å². The molecule has 2 rings (SSSR count). The summed E-state index contributed by atoms with van der Waals surface area (Å²) in [7, 11) is 1.80. The second-order valence-corrected chi connectivity index (χ2v) is 3.38. The van der Waals surface area contributed by atoms with E-state index >= 15 is 0 Å². The molecule has 0 saturated carbocycles. The van der Waals surface area contributed by atoms with Crippen LogP contribution in [0.25, 0.3) is 11.3 Å². The molecule has 0 amide bonds. The van der Waals surface area contributed by atoms with E-state index in [-0.39, 0.29) is 5.82 Å². The first-order chi connectivity index (χ1) is 6.68. The van der Waals surface area contributed by atoms with Crippen LogP contribution in [-0.2, 0) is 7.05 Å². The summed E-state index contributed by atoms with van der Waals surface area (Å²) >= 11 is 5.94. The molecule has 1 aromatic heterocycles. The van der Waals surface area contributed by atoms with Gasteiger partial charge in [0.05, 0.1) is 16.9 Å². The number of hydrogen-bond acceptors (Lipinski definition) is 1. The summed E-state index contributed by atoms with van der Waals surface area (Å²) < 4.78 is 14.3. The first-order valence-corrected chi connectivity index (χ1v) is 4.49. The van der Waals surface area contributed by atoms with Crippen LogP contribution in [0.4, 0.5) is 4.39 Å². The molecule has 72 valence electrons. The summed E-state index contributed by atoms with van der Waals surface area (Å²) in [6.07, 6.45) is 1.57. The predicted molar refractivity (Wildman–Crippen MR) is 53.6 cm³/mol. The van der Waals surface area contributed by atoms with Crippen LogP contribution in [0.1, 0.15) is 0 Å². The van der Waals surface area contributed by atoms with Gasteiger partial charge in [0.1, 0.15) is 5.82 Å². The zero-order valence-electron chi connectivity index (χ0n) is 7.54. The Morgan fingerprint density at radius 2 is 1.93 bits per heavy atom. The summed E-state index contributed by atoms with van der Waals surface area (Å²) in [5, 5.41) is 4.57. The molecule has 0 saturated heterocycles. The van der Waals surface area contributed by atoms with Crippen LogP contribution >= 0.6 is 11.6 Å². The van der Waals surface area contributed by atoms with Gasteiger partial charge in [0.15, 0.2) is 0 Å². The molecule has 0 radical (unpaired) electrons. The normalized spacial score (nSPS) is 10.5. The van der Waals surface area contributed by atoms with Crippen LogP contribution < -0.4 is 0 Å². The average molecular weight is 211 g/mol. The minimum absolute atomic E-state index is 0.257. The van der Waals surface area contributed by atoms with Crippen molar-refractivity contribution in [3.05, 3.63) is 41.3 Å². The monoisotopic (exact) mass is 210 g/mol. The largest absolute Gasteiger partial charge is 0.266 e. The average Bonchev–Trinajstić information content (AvgIpc) is 2.49. The lowest BCUT2D eigenvalue weighted by molar-refractivity contribution is 0.628. The van der Waals surface area contributed by atoms with Crippen LogP contribution in [0.2, 0.25) is 5.02 Å². The Bertz CT molecular complexity index is 428. The number of hydrogen-bond donors (Lipinski definition) is 0. The van der Waals surface area contributed by atoms with E-state index in [9.17, 15) is 4.39 Å². The van der Waals surface area contributed by atoms with Crippen molar-refractivity contribution in [3.8, 4) is 11.3 Å². The van der Waals surface area contributed by atoms with Crippen molar-refractivity contribution in [1.82, 2.24) is 9.78 Å². The van der Waals surface area contributed by atoms with Gasteiger partial charge in [0, 0.05) is 12.6 Å². The summed E-state index contributed by atoms with van der Waals surface area (Å²) in [6, 6.07) is 6.16. The molecule has 0 atom stereocenters. The van der Waals surface area contributed by atoms with Crippen LogP contribution in [0, 0.1) is 5.82 Å². The highest BCUT2D eigenvalue weighted by molar-refractivity contribution is 6.33. The van der Waals surface area contributed by atoms with Crippen LogP contribution in [-0.4, -0.2) is 9.78 Å².